The second-order valence-corrected chi connectivity index (χ2v) is 10.7. The van der Waals surface area contributed by atoms with Gasteiger partial charge in [-0.25, -0.2) is 15.0 Å². The van der Waals surface area contributed by atoms with E-state index in [2.05, 4.69) is 20.3 Å². The second-order valence-electron chi connectivity index (χ2n) is 10.7. The lowest BCUT2D eigenvalue weighted by molar-refractivity contribution is -0.127. The van der Waals surface area contributed by atoms with Gasteiger partial charge < -0.3 is 10.3 Å². The van der Waals surface area contributed by atoms with Crippen molar-refractivity contribution in [3.63, 3.8) is 0 Å². The molecule has 2 atom stereocenters. The lowest BCUT2D eigenvalue weighted by atomic mass is 9.77. The molecule has 6 rings (SSSR count). The van der Waals surface area contributed by atoms with Gasteiger partial charge in [-0.15, -0.1) is 0 Å². The van der Waals surface area contributed by atoms with Gasteiger partial charge in [0, 0.05) is 34.4 Å². The molecule has 2 aromatic rings. The van der Waals surface area contributed by atoms with E-state index < -0.39 is 23.2 Å². The van der Waals surface area contributed by atoms with Crippen LogP contribution in [0.4, 0.5) is 4.39 Å². The number of nitrogens with zero attached hydrogens (tertiary/aromatic N) is 4. The minimum absolute atomic E-state index is 0.0239. The molecule has 1 fully saturated rings. The van der Waals surface area contributed by atoms with Gasteiger partial charge in [-0.3, -0.25) is 14.2 Å². The maximum Gasteiger partial charge on any atom is 0.173 e. The fourth-order valence-corrected chi connectivity index (χ4v) is 5.49. The zero-order chi connectivity index (χ0) is 26.5. The number of aromatic amines is 1. The number of fused-ring (bicyclic) bond motifs is 6. The van der Waals surface area contributed by atoms with Crippen LogP contribution in [0.1, 0.15) is 38.1 Å². The summed E-state index contributed by atoms with van der Waals surface area (Å²) in [5, 5.41) is 5.34. The van der Waals surface area contributed by atoms with Crippen LogP contribution >= 0.6 is 0 Å². The highest BCUT2D eigenvalue weighted by molar-refractivity contribution is 6.20. The van der Waals surface area contributed by atoms with Gasteiger partial charge in [-0.1, -0.05) is 0 Å². The van der Waals surface area contributed by atoms with Gasteiger partial charge in [0.25, 0.3) is 0 Å². The molecular formula is C30H29FN6O. The largest absolute Gasteiger partial charge is 0.372 e. The number of carbonyl (C=O) groups excluding carboxylic acids is 1. The van der Waals surface area contributed by atoms with Gasteiger partial charge in [0.05, 0.1) is 29.2 Å². The number of H-pyrrole nitrogens is 1. The Hall–Kier alpha value is -4.20. The Morgan fingerprint density at radius 3 is 2.45 bits per heavy atom. The molecule has 8 bridgehead atoms. The fraction of sp³-hybridized carbons (Fsp3) is 0.300. The minimum atomic E-state index is -1.09. The number of nitrogens with one attached hydrogen (secondary N) is 2. The van der Waals surface area contributed by atoms with E-state index in [-0.39, 0.29) is 12.2 Å². The Balaban J connectivity index is 1.62. The van der Waals surface area contributed by atoms with E-state index in [0.29, 0.717) is 17.9 Å². The zero-order valence-corrected chi connectivity index (χ0v) is 21.6. The van der Waals surface area contributed by atoms with Gasteiger partial charge in [-0.05, 0) is 94.4 Å². The summed E-state index contributed by atoms with van der Waals surface area (Å²) < 4.78 is 13.4. The number of hydrogen-bond donors (Lipinski definition) is 2. The zero-order valence-electron chi connectivity index (χ0n) is 21.6. The molecule has 2 aromatic heterocycles. The van der Waals surface area contributed by atoms with E-state index >= 15 is 0 Å². The molecule has 0 aliphatic carbocycles. The number of rotatable bonds is 4. The number of aromatic nitrogens is 3. The molecule has 0 saturated carbocycles. The molecule has 0 spiro atoms. The van der Waals surface area contributed by atoms with Crippen molar-refractivity contribution in [1.29, 1.82) is 0 Å². The average molecular weight is 509 g/mol. The van der Waals surface area contributed by atoms with E-state index in [1.165, 1.54) is 0 Å². The van der Waals surface area contributed by atoms with Gasteiger partial charge in [0.2, 0.25) is 0 Å². The maximum atomic E-state index is 14.1. The molecule has 7 nitrogen and oxygen atoms in total. The smallest absolute Gasteiger partial charge is 0.173 e. The standard InChI is InChI=1S/C30H29FN6O/c1-19-32-17-20(18-33-19)29-11-9-24(36-29)14-23-6-5-21(34-23)13-22-7-8-25(35-22)15-30(10-4-12-31)27(38)28(2,3)26(16-29)37-30/h5-9,11,13-18,34,37H,4,10,12H2,1-3H3. The Bertz CT molecular complexity index is 1640. The predicted molar refractivity (Wildman–Crippen MR) is 147 cm³/mol. The van der Waals surface area contributed by atoms with E-state index in [1.807, 2.05) is 81.5 Å². The van der Waals surface area contributed by atoms with Crippen LogP contribution in [-0.4, -0.2) is 44.4 Å². The second kappa shape index (κ2) is 8.68. The van der Waals surface area contributed by atoms with Crippen LogP contribution < -0.4 is 16.0 Å². The maximum absolute atomic E-state index is 14.1. The summed E-state index contributed by atoms with van der Waals surface area (Å²) in [7, 11) is 0. The fourth-order valence-electron chi connectivity index (χ4n) is 5.49. The number of hydrogen-bond acceptors (Lipinski definition) is 6. The van der Waals surface area contributed by atoms with Crippen LogP contribution in [-0.2, 0) is 10.3 Å². The third kappa shape index (κ3) is 4.00. The molecule has 0 aromatic carbocycles. The third-order valence-corrected chi connectivity index (χ3v) is 7.55. The van der Waals surface area contributed by atoms with Crippen LogP contribution in [0.5, 0.6) is 0 Å². The number of ketones is 1. The summed E-state index contributed by atoms with van der Waals surface area (Å²) in [6, 6.07) is 3.99. The van der Waals surface area contributed by atoms with Crippen LogP contribution in [0, 0.1) is 12.3 Å². The number of carbonyl (C=O) groups is 1. The van der Waals surface area contributed by atoms with Gasteiger partial charge >= 0.3 is 0 Å². The van der Waals surface area contributed by atoms with Crippen LogP contribution in [0.2, 0.25) is 0 Å². The number of aliphatic imine (C=N–C) groups is 2. The van der Waals surface area contributed by atoms with E-state index in [1.54, 1.807) is 12.4 Å². The SMILES string of the molecule is Cc1ncc(C23C=CC(=N2)C=c2ccc([nH]2)=CC2=NC(=CC4(CCCF)NC(=C3)C(C)(C)C4=O)C=C2)cn1. The van der Waals surface area contributed by atoms with Crippen molar-refractivity contribution in [3.8, 4) is 0 Å². The lowest BCUT2D eigenvalue weighted by Crippen LogP contribution is -2.45. The number of alkyl halides is 1. The summed E-state index contributed by atoms with van der Waals surface area (Å²) in [6.07, 6.45) is 19.7. The monoisotopic (exact) mass is 508 g/mol. The number of allylic oxidation sites excluding steroid dienone is 4. The normalized spacial score (nSPS) is 26.7. The van der Waals surface area contributed by atoms with Crippen LogP contribution in [0.3, 0.4) is 0 Å². The highest BCUT2D eigenvalue weighted by Crippen LogP contribution is 2.45. The molecule has 0 amide bonds. The lowest BCUT2D eigenvalue weighted by Gasteiger charge is -2.26. The van der Waals surface area contributed by atoms with Crippen LogP contribution in [0.25, 0.3) is 12.2 Å². The van der Waals surface area contributed by atoms with Crippen molar-refractivity contribution in [3.05, 3.63) is 94.5 Å². The topological polar surface area (TPSA) is 95.4 Å². The number of Topliss-reactive ketones (excluding diaryl/α,β-unsaturated/α-hetero) is 1. The Kier molecular flexibility index (Phi) is 5.52. The molecule has 2 unspecified atom stereocenters. The summed E-state index contributed by atoms with van der Waals surface area (Å²) in [5.41, 5.74) is 0.840. The molecular weight excluding hydrogens is 479 g/mol. The summed E-state index contributed by atoms with van der Waals surface area (Å²) in [6.45, 7) is 5.13. The van der Waals surface area contributed by atoms with Gasteiger partial charge in [0.1, 0.15) is 16.9 Å². The summed E-state index contributed by atoms with van der Waals surface area (Å²) in [4.78, 5) is 36.2. The van der Waals surface area contributed by atoms with E-state index in [4.69, 9.17) is 9.98 Å². The first-order chi connectivity index (χ1) is 18.2. The highest BCUT2D eigenvalue weighted by atomic mass is 19.1. The first kappa shape index (κ1) is 24.2. The predicted octanol–water partition coefficient (Wildman–Crippen LogP) is 3.06. The number of halogens is 1. The van der Waals surface area contributed by atoms with Crippen molar-refractivity contribution in [2.75, 3.05) is 6.67 Å². The van der Waals surface area contributed by atoms with Crippen LogP contribution in [0.15, 0.2) is 82.4 Å². The molecule has 8 heteroatoms. The van der Waals surface area contributed by atoms with Gasteiger partial charge in [0.15, 0.2) is 5.78 Å². The Morgan fingerprint density at radius 2 is 1.71 bits per heavy atom. The molecule has 1 saturated heterocycles. The first-order valence-electron chi connectivity index (χ1n) is 12.8. The molecule has 2 N–H and O–H groups in total. The molecule has 192 valence electrons. The van der Waals surface area contributed by atoms with E-state index in [0.717, 1.165) is 33.4 Å². The molecule has 6 heterocycles. The Morgan fingerprint density at radius 1 is 0.974 bits per heavy atom. The molecule has 4 aliphatic heterocycles. The van der Waals surface area contributed by atoms with Crippen molar-refractivity contribution >= 4 is 29.4 Å². The number of aryl methyl sites for hydroxylation is 1. The van der Waals surface area contributed by atoms with E-state index in [9.17, 15) is 9.18 Å². The van der Waals surface area contributed by atoms with Gasteiger partial charge in [-0.2, -0.15) is 0 Å². The van der Waals surface area contributed by atoms with Crippen molar-refractivity contribution in [2.24, 2.45) is 15.4 Å². The molecule has 38 heavy (non-hydrogen) atoms. The molecule has 0 radical (unpaired) electrons. The van der Waals surface area contributed by atoms with Crippen molar-refractivity contribution < 1.29 is 9.18 Å². The first-order valence-corrected chi connectivity index (χ1v) is 12.8. The Labute approximate surface area is 220 Å². The summed E-state index contributed by atoms with van der Waals surface area (Å²) in [5.74, 6) is 0.638. The van der Waals surface area contributed by atoms with Crippen molar-refractivity contribution in [1.82, 2.24) is 20.3 Å². The minimum Gasteiger partial charge on any atom is -0.372 e. The summed E-state index contributed by atoms with van der Waals surface area (Å²) >= 11 is 0. The molecule has 4 aliphatic rings. The highest BCUT2D eigenvalue weighted by Gasteiger charge is 2.54. The third-order valence-electron chi connectivity index (χ3n) is 7.55. The van der Waals surface area contributed by atoms with Crippen molar-refractivity contribution in [2.45, 2.75) is 44.7 Å². The average Bonchev–Trinajstić information content (AvgIpc) is 3.65. The quantitative estimate of drug-likeness (QED) is 0.664.